The van der Waals surface area contributed by atoms with Crippen molar-refractivity contribution in [2.45, 2.75) is 6.92 Å². The number of benzene rings is 1. The smallest absolute Gasteiger partial charge is 0.356 e. The fourth-order valence-electron chi connectivity index (χ4n) is 2.85. The SMILES string of the molecule is COC(=O)c1nc(C(=O)/C=C\c2c(OC)c(OC)c(Br)c(O)c2[N+](=O)[O-])c([N+](=O)[O-])cc1C. The van der Waals surface area contributed by atoms with Crippen LogP contribution in [-0.2, 0) is 4.74 Å². The molecule has 33 heavy (non-hydrogen) atoms. The summed E-state index contributed by atoms with van der Waals surface area (Å²) in [6.45, 7) is 1.38. The van der Waals surface area contributed by atoms with Crippen molar-refractivity contribution < 1.29 is 38.8 Å². The number of allylic oxidation sites excluding steroid dienone is 1. The van der Waals surface area contributed by atoms with Crippen LogP contribution in [0.1, 0.15) is 32.1 Å². The Morgan fingerprint density at radius 3 is 2.18 bits per heavy atom. The highest BCUT2D eigenvalue weighted by molar-refractivity contribution is 9.10. The van der Waals surface area contributed by atoms with Crippen molar-refractivity contribution in [2.24, 2.45) is 0 Å². The number of nitro benzene ring substituents is 1. The van der Waals surface area contributed by atoms with Crippen LogP contribution >= 0.6 is 15.9 Å². The number of nitro groups is 2. The molecule has 0 unspecified atom stereocenters. The van der Waals surface area contributed by atoms with E-state index in [1.54, 1.807) is 0 Å². The number of carbonyl (C=O) groups excluding carboxylic acids is 2. The lowest BCUT2D eigenvalue weighted by atomic mass is 10.1. The Morgan fingerprint density at radius 1 is 1.09 bits per heavy atom. The Morgan fingerprint density at radius 2 is 1.70 bits per heavy atom. The van der Waals surface area contributed by atoms with Gasteiger partial charge in [-0.25, -0.2) is 9.78 Å². The zero-order chi connectivity index (χ0) is 25.0. The second-order valence-corrected chi connectivity index (χ2v) is 7.01. The van der Waals surface area contributed by atoms with Gasteiger partial charge in [0, 0.05) is 6.07 Å². The van der Waals surface area contributed by atoms with Gasteiger partial charge in [0.1, 0.15) is 10.0 Å². The molecule has 1 aromatic heterocycles. The summed E-state index contributed by atoms with van der Waals surface area (Å²) in [6.07, 6.45) is 1.67. The number of aromatic nitrogens is 1. The van der Waals surface area contributed by atoms with Crippen molar-refractivity contribution in [3.63, 3.8) is 0 Å². The minimum atomic E-state index is -1.05. The number of hydrogen-bond acceptors (Lipinski definition) is 11. The van der Waals surface area contributed by atoms with Crippen LogP contribution in [0.4, 0.5) is 11.4 Å². The predicted molar refractivity (Wildman–Crippen MR) is 116 cm³/mol. The van der Waals surface area contributed by atoms with Crippen LogP contribution < -0.4 is 9.47 Å². The first-order chi connectivity index (χ1) is 15.5. The summed E-state index contributed by atoms with van der Waals surface area (Å²) in [5.41, 5.74) is -2.76. The molecule has 1 aromatic carbocycles. The number of aryl methyl sites for hydroxylation is 1. The highest BCUT2D eigenvalue weighted by Gasteiger charge is 2.31. The number of methoxy groups -OCH3 is 3. The highest BCUT2D eigenvalue weighted by Crippen LogP contribution is 2.50. The molecule has 14 heteroatoms. The third kappa shape index (κ3) is 4.74. The number of pyridine rings is 1. The van der Waals surface area contributed by atoms with E-state index in [1.165, 1.54) is 21.1 Å². The van der Waals surface area contributed by atoms with E-state index >= 15 is 0 Å². The van der Waals surface area contributed by atoms with Gasteiger partial charge in [-0.1, -0.05) is 0 Å². The van der Waals surface area contributed by atoms with Crippen LogP contribution in [0, 0.1) is 27.2 Å². The number of halogens is 1. The van der Waals surface area contributed by atoms with Crippen molar-refractivity contribution in [2.75, 3.05) is 21.3 Å². The van der Waals surface area contributed by atoms with Crippen LogP contribution in [0.3, 0.4) is 0 Å². The lowest BCUT2D eigenvalue weighted by molar-refractivity contribution is -0.386. The number of phenols is 1. The van der Waals surface area contributed by atoms with Crippen molar-refractivity contribution >= 4 is 45.1 Å². The molecule has 0 saturated heterocycles. The second kappa shape index (κ2) is 10.0. The summed E-state index contributed by atoms with van der Waals surface area (Å²) >= 11 is 2.98. The van der Waals surface area contributed by atoms with Crippen molar-refractivity contribution in [1.29, 1.82) is 0 Å². The number of ketones is 1. The molecule has 0 radical (unpaired) electrons. The fourth-order valence-corrected chi connectivity index (χ4v) is 3.38. The Kier molecular flexibility index (Phi) is 7.66. The molecule has 2 rings (SSSR count). The van der Waals surface area contributed by atoms with Crippen molar-refractivity contribution in [3.8, 4) is 17.2 Å². The predicted octanol–water partition coefficient (Wildman–Crippen LogP) is 3.37. The maximum Gasteiger partial charge on any atom is 0.356 e. The van der Waals surface area contributed by atoms with Gasteiger partial charge in [0.15, 0.2) is 22.9 Å². The zero-order valence-electron chi connectivity index (χ0n) is 17.6. The first kappa shape index (κ1) is 25.2. The molecule has 0 atom stereocenters. The Balaban J connectivity index is 2.74. The largest absolute Gasteiger partial charge is 0.501 e. The number of aromatic hydroxyl groups is 1. The molecule has 0 aliphatic carbocycles. The number of hydrogen-bond donors (Lipinski definition) is 1. The Bertz CT molecular complexity index is 1210. The molecule has 1 N–H and O–H groups in total. The van der Waals surface area contributed by atoms with Gasteiger partial charge in [-0.15, -0.1) is 0 Å². The third-order valence-electron chi connectivity index (χ3n) is 4.33. The summed E-state index contributed by atoms with van der Waals surface area (Å²) < 4.78 is 14.7. The van der Waals surface area contributed by atoms with Gasteiger partial charge in [0.05, 0.1) is 31.2 Å². The molecule has 1 heterocycles. The van der Waals surface area contributed by atoms with E-state index < -0.39 is 44.4 Å². The van der Waals surface area contributed by atoms with E-state index in [0.29, 0.717) is 0 Å². The second-order valence-electron chi connectivity index (χ2n) is 6.22. The van der Waals surface area contributed by atoms with Gasteiger partial charge < -0.3 is 19.3 Å². The fraction of sp³-hybridized carbons (Fsp3) is 0.211. The van der Waals surface area contributed by atoms with Gasteiger partial charge in [-0.3, -0.25) is 25.0 Å². The lowest BCUT2D eigenvalue weighted by Gasteiger charge is -2.14. The summed E-state index contributed by atoms with van der Waals surface area (Å²) in [7, 11) is 3.48. The van der Waals surface area contributed by atoms with Crippen LogP contribution in [0.15, 0.2) is 16.6 Å². The standard InChI is InChI=1S/C19H16BrN3O10/c1-8-7-10(22(27)28)14(21-13(8)19(26)33-4)11(24)6-5-9-15(23(29)30)16(25)12(20)18(32-3)17(9)31-2/h5-7,25H,1-4H3/b6-5-. The molecule has 13 nitrogen and oxygen atoms in total. The minimum Gasteiger partial charge on any atom is -0.501 e. The van der Waals surface area contributed by atoms with Crippen LogP contribution in [0.5, 0.6) is 17.2 Å². The summed E-state index contributed by atoms with van der Waals surface area (Å²) in [4.78, 5) is 49.7. The number of rotatable bonds is 8. The number of phenolic OH excluding ortho intramolecular Hbond substituents is 1. The van der Waals surface area contributed by atoms with Crippen LogP contribution in [0.2, 0.25) is 0 Å². The van der Waals surface area contributed by atoms with E-state index in [9.17, 15) is 34.9 Å². The molecular weight excluding hydrogens is 510 g/mol. The van der Waals surface area contributed by atoms with Gasteiger partial charge in [-0.2, -0.15) is 0 Å². The van der Waals surface area contributed by atoms with Crippen LogP contribution in [-0.4, -0.2) is 53.0 Å². The number of ether oxygens (including phenoxy) is 3. The van der Waals surface area contributed by atoms with Gasteiger partial charge in [-0.05, 0) is 40.6 Å². The summed E-state index contributed by atoms with van der Waals surface area (Å²) in [5.74, 6) is -3.05. The average Bonchev–Trinajstić information content (AvgIpc) is 2.77. The van der Waals surface area contributed by atoms with E-state index in [2.05, 4.69) is 25.7 Å². The molecule has 0 spiro atoms. The van der Waals surface area contributed by atoms with E-state index in [0.717, 1.165) is 25.3 Å². The molecule has 0 aliphatic rings. The van der Waals surface area contributed by atoms with Crippen LogP contribution in [0.25, 0.3) is 6.08 Å². The van der Waals surface area contributed by atoms with E-state index in [4.69, 9.17) is 9.47 Å². The molecule has 0 bridgehead atoms. The van der Waals surface area contributed by atoms with Crippen molar-refractivity contribution in [3.05, 3.63) is 59.4 Å². The maximum atomic E-state index is 12.8. The average molecular weight is 526 g/mol. The first-order valence-electron chi connectivity index (χ1n) is 8.77. The van der Waals surface area contributed by atoms with Gasteiger partial charge in [0.25, 0.3) is 5.69 Å². The Labute approximate surface area is 194 Å². The lowest BCUT2D eigenvalue weighted by Crippen LogP contribution is -2.13. The molecule has 0 aliphatic heterocycles. The third-order valence-corrected chi connectivity index (χ3v) is 5.07. The number of carbonyl (C=O) groups is 2. The van der Waals surface area contributed by atoms with E-state index in [-0.39, 0.29) is 32.8 Å². The topological polar surface area (TPSA) is 181 Å². The maximum absolute atomic E-state index is 12.8. The summed E-state index contributed by atoms with van der Waals surface area (Å²) in [6, 6.07) is 0.984. The molecule has 2 aromatic rings. The molecule has 0 saturated carbocycles. The Hall–Kier alpha value is -4.07. The van der Waals surface area contributed by atoms with Gasteiger partial charge >= 0.3 is 11.7 Å². The van der Waals surface area contributed by atoms with Crippen molar-refractivity contribution in [1.82, 2.24) is 4.98 Å². The molecule has 0 fully saturated rings. The van der Waals surface area contributed by atoms with E-state index in [1.807, 2.05) is 0 Å². The number of nitrogens with zero attached hydrogens (tertiary/aromatic N) is 3. The molecule has 0 amide bonds. The van der Waals surface area contributed by atoms with Gasteiger partial charge in [0.2, 0.25) is 11.5 Å². The zero-order valence-corrected chi connectivity index (χ0v) is 19.2. The number of esters is 1. The normalized spacial score (nSPS) is 10.7. The molecular formula is C19H16BrN3O10. The summed E-state index contributed by atoms with van der Waals surface area (Å²) in [5, 5.41) is 33.2. The highest BCUT2D eigenvalue weighted by atomic mass is 79.9. The molecule has 174 valence electrons. The quantitative estimate of drug-likeness (QED) is 0.175. The minimum absolute atomic E-state index is 0.0971. The first-order valence-corrected chi connectivity index (χ1v) is 9.56. The monoisotopic (exact) mass is 525 g/mol.